The normalized spacial score (nSPS) is 20.6. The van der Waals surface area contributed by atoms with Crippen molar-refractivity contribution in [1.82, 2.24) is 25.5 Å². The van der Waals surface area contributed by atoms with Gasteiger partial charge < -0.3 is 15.7 Å². The van der Waals surface area contributed by atoms with Crippen molar-refractivity contribution in [3.05, 3.63) is 59.0 Å². The predicted molar refractivity (Wildman–Crippen MR) is 114 cm³/mol. The summed E-state index contributed by atoms with van der Waals surface area (Å²) >= 11 is 5.95. The standard InChI is InChI=1S/C21H23ClN6O2/c1-11(17-9-18(28-27-17)13-3-5-14(22)6-4-13)25-21-23-8-7-16(26-21)19-15(12(2)29)10-24-20(19)30/h3-9,11-12,15,19,29H,10H2,1-2H3,(H,24,30)(H,27,28)(H,23,25,26)/t11-,12-,15-,19-/m1/s1. The molecule has 4 rings (SSSR count). The van der Waals surface area contributed by atoms with Crippen molar-refractivity contribution in [1.29, 1.82) is 0 Å². The summed E-state index contributed by atoms with van der Waals surface area (Å²) in [6.07, 6.45) is 1.00. The van der Waals surface area contributed by atoms with E-state index in [1.807, 2.05) is 37.3 Å². The summed E-state index contributed by atoms with van der Waals surface area (Å²) in [7, 11) is 0. The van der Waals surface area contributed by atoms with E-state index in [-0.39, 0.29) is 17.9 Å². The van der Waals surface area contributed by atoms with Crippen LogP contribution in [0.3, 0.4) is 0 Å². The van der Waals surface area contributed by atoms with Gasteiger partial charge in [-0.1, -0.05) is 23.7 Å². The molecular weight excluding hydrogens is 404 g/mol. The molecule has 2 aromatic heterocycles. The molecule has 0 spiro atoms. The monoisotopic (exact) mass is 426 g/mol. The molecule has 0 unspecified atom stereocenters. The van der Waals surface area contributed by atoms with E-state index in [1.54, 1.807) is 19.2 Å². The van der Waals surface area contributed by atoms with Crippen LogP contribution in [0.15, 0.2) is 42.6 Å². The van der Waals surface area contributed by atoms with Crippen LogP contribution in [0, 0.1) is 5.92 Å². The maximum atomic E-state index is 12.3. The van der Waals surface area contributed by atoms with Crippen LogP contribution in [0.5, 0.6) is 0 Å². The van der Waals surface area contributed by atoms with Crippen LogP contribution in [-0.2, 0) is 4.79 Å². The maximum absolute atomic E-state index is 12.3. The molecule has 156 valence electrons. The number of rotatable bonds is 6. The van der Waals surface area contributed by atoms with E-state index in [4.69, 9.17) is 11.6 Å². The minimum Gasteiger partial charge on any atom is -0.393 e. The molecule has 0 saturated carbocycles. The second kappa shape index (κ2) is 8.41. The summed E-state index contributed by atoms with van der Waals surface area (Å²) in [5, 5.41) is 24.1. The van der Waals surface area contributed by atoms with E-state index >= 15 is 0 Å². The van der Waals surface area contributed by atoms with Gasteiger partial charge in [0.2, 0.25) is 11.9 Å². The molecule has 0 aliphatic carbocycles. The number of anilines is 1. The smallest absolute Gasteiger partial charge is 0.229 e. The number of carbonyl (C=O) groups excluding carboxylic acids is 1. The molecule has 0 radical (unpaired) electrons. The fourth-order valence-electron chi connectivity index (χ4n) is 3.66. The number of aliphatic hydroxyl groups excluding tert-OH is 1. The Morgan fingerprint density at radius 1 is 1.23 bits per heavy atom. The van der Waals surface area contributed by atoms with Crippen LogP contribution < -0.4 is 10.6 Å². The van der Waals surface area contributed by atoms with Crippen molar-refractivity contribution < 1.29 is 9.90 Å². The minimum atomic E-state index is -0.615. The highest BCUT2D eigenvalue weighted by atomic mass is 35.5. The minimum absolute atomic E-state index is 0.125. The van der Waals surface area contributed by atoms with Crippen molar-refractivity contribution in [3.63, 3.8) is 0 Å². The third-order valence-electron chi connectivity index (χ3n) is 5.39. The van der Waals surface area contributed by atoms with Gasteiger partial charge in [-0.15, -0.1) is 0 Å². The SMILES string of the molecule is C[C@@H](Nc1nccc([C@@H]2C(=O)NC[C@@H]2[C@@H](C)O)n1)c1cc(-c2ccc(Cl)cc2)n[nH]1. The van der Waals surface area contributed by atoms with Crippen LogP contribution in [0.25, 0.3) is 11.3 Å². The Bertz CT molecular complexity index is 1040. The predicted octanol–water partition coefficient (Wildman–Crippen LogP) is 2.90. The lowest BCUT2D eigenvalue weighted by atomic mass is 9.88. The average molecular weight is 427 g/mol. The molecule has 1 aromatic carbocycles. The first-order chi connectivity index (χ1) is 14.4. The lowest BCUT2D eigenvalue weighted by Crippen LogP contribution is -2.25. The molecule has 3 heterocycles. The second-order valence-corrected chi connectivity index (χ2v) is 7.95. The van der Waals surface area contributed by atoms with E-state index in [0.717, 1.165) is 17.0 Å². The summed E-state index contributed by atoms with van der Waals surface area (Å²) < 4.78 is 0. The van der Waals surface area contributed by atoms with Crippen molar-refractivity contribution in [3.8, 4) is 11.3 Å². The molecule has 3 aromatic rings. The molecule has 1 aliphatic heterocycles. The summed E-state index contributed by atoms with van der Waals surface area (Å²) in [6.45, 7) is 4.10. The van der Waals surface area contributed by atoms with Gasteiger partial charge in [0, 0.05) is 29.2 Å². The third-order valence-corrected chi connectivity index (χ3v) is 5.64. The van der Waals surface area contributed by atoms with Gasteiger partial charge in [0.1, 0.15) is 0 Å². The number of H-pyrrole nitrogens is 1. The summed E-state index contributed by atoms with van der Waals surface area (Å²) in [5.41, 5.74) is 3.23. The highest BCUT2D eigenvalue weighted by molar-refractivity contribution is 6.30. The molecular formula is C21H23ClN6O2. The fraction of sp³-hybridized carbons (Fsp3) is 0.333. The van der Waals surface area contributed by atoms with E-state index in [2.05, 4.69) is 30.8 Å². The third kappa shape index (κ3) is 4.15. The molecule has 8 nitrogen and oxygen atoms in total. The molecule has 1 aliphatic rings. The topological polar surface area (TPSA) is 116 Å². The Morgan fingerprint density at radius 2 is 2.00 bits per heavy atom. The summed E-state index contributed by atoms with van der Waals surface area (Å²) in [5.74, 6) is -0.425. The van der Waals surface area contributed by atoms with Crippen molar-refractivity contribution in [2.45, 2.75) is 31.9 Å². The largest absolute Gasteiger partial charge is 0.393 e. The van der Waals surface area contributed by atoms with E-state index in [0.29, 0.717) is 23.2 Å². The number of amides is 1. The molecule has 4 N–H and O–H groups in total. The van der Waals surface area contributed by atoms with E-state index < -0.39 is 12.0 Å². The number of nitrogens with zero attached hydrogens (tertiary/aromatic N) is 3. The number of hydrogen-bond donors (Lipinski definition) is 4. The number of aliphatic hydroxyl groups is 1. The molecule has 4 atom stereocenters. The van der Waals surface area contributed by atoms with Gasteiger partial charge in [-0.3, -0.25) is 9.89 Å². The van der Waals surface area contributed by atoms with Crippen LogP contribution in [0.1, 0.15) is 37.2 Å². The highest BCUT2D eigenvalue weighted by Gasteiger charge is 2.39. The Balaban J connectivity index is 1.50. The number of carbonyl (C=O) groups is 1. The van der Waals surface area contributed by atoms with Crippen molar-refractivity contribution in [2.24, 2.45) is 5.92 Å². The average Bonchev–Trinajstić information content (AvgIpc) is 3.36. The fourth-order valence-corrected chi connectivity index (χ4v) is 3.78. The first-order valence-electron chi connectivity index (χ1n) is 9.79. The number of nitrogens with one attached hydrogen (secondary N) is 3. The van der Waals surface area contributed by atoms with Crippen LogP contribution >= 0.6 is 11.6 Å². The van der Waals surface area contributed by atoms with Gasteiger partial charge in [0.15, 0.2) is 0 Å². The lowest BCUT2D eigenvalue weighted by Gasteiger charge is -2.19. The quantitative estimate of drug-likeness (QED) is 0.481. The Kier molecular flexibility index (Phi) is 5.69. The molecule has 0 bridgehead atoms. The first-order valence-corrected chi connectivity index (χ1v) is 10.2. The summed E-state index contributed by atoms with van der Waals surface area (Å²) in [4.78, 5) is 21.1. The molecule has 1 fully saturated rings. The number of hydrogen-bond acceptors (Lipinski definition) is 6. The zero-order valence-corrected chi connectivity index (χ0v) is 17.4. The van der Waals surface area contributed by atoms with Crippen LogP contribution in [0.2, 0.25) is 5.02 Å². The molecule has 9 heteroatoms. The van der Waals surface area contributed by atoms with Gasteiger partial charge in [-0.05, 0) is 38.1 Å². The van der Waals surface area contributed by atoms with E-state index in [9.17, 15) is 9.90 Å². The Morgan fingerprint density at radius 3 is 2.73 bits per heavy atom. The van der Waals surface area contributed by atoms with Gasteiger partial charge in [0.05, 0.1) is 35.1 Å². The molecule has 1 amide bonds. The van der Waals surface area contributed by atoms with Crippen LogP contribution in [-0.4, -0.2) is 43.8 Å². The lowest BCUT2D eigenvalue weighted by molar-refractivity contribution is -0.121. The summed E-state index contributed by atoms with van der Waals surface area (Å²) in [6, 6.07) is 11.0. The van der Waals surface area contributed by atoms with Gasteiger partial charge >= 0.3 is 0 Å². The number of halogens is 1. The van der Waals surface area contributed by atoms with Crippen molar-refractivity contribution >= 4 is 23.5 Å². The van der Waals surface area contributed by atoms with Gasteiger partial charge in [-0.25, -0.2) is 9.97 Å². The molecule has 30 heavy (non-hydrogen) atoms. The second-order valence-electron chi connectivity index (χ2n) is 7.51. The van der Waals surface area contributed by atoms with Crippen LogP contribution in [0.4, 0.5) is 5.95 Å². The molecule has 1 saturated heterocycles. The van der Waals surface area contributed by atoms with Gasteiger partial charge in [-0.2, -0.15) is 5.10 Å². The van der Waals surface area contributed by atoms with Crippen molar-refractivity contribution in [2.75, 3.05) is 11.9 Å². The number of aromatic nitrogens is 4. The Hall–Kier alpha value is -2.97. The zero-order chi connectivity index (χ0) is 21.3. The zero-order valence-electron chi connectivity index (χ0n) is 16.6. The Labute approximate surface area is 179 Å². The van der Waals surface area contributed by atoms with Gasteiger partial charge in [0.25, 0.3) is 0 Å². The number of aromatic amines is 1. The maximum Gasteiger partial charge on any atom is 0.229 e. The van der Waals surface area contributed by atoms with E-state index in [1.165, 1.54) is 0 Å². The highest BCUT2D eigenvalue weighted by Crippen LogP contribution is 2.31. The number of benzene rings is 1. The first kappa shape index (κ1) is 20.3.